The van der Waals surface area contributed by atoms with Gasteiger partial charge in [0.15, 0.2) is 0 Å². The molecule has 1 heterocycles. The van der Waals surface area contributed by atoms with Gasteiger partial charge in [-0.2, -0.15) is 0 Å². The Bertz CT molecular complexity index is 1270. The van der Waals surface area contributed by atoms with Gasteiger partial charge in [0.25, 0.3) is 0 Å². The van der Waals surface area contributed by atoms with E-state index in [2.05, 4.69) is 79.9 Å². The molecule has 7 heteroatoms. The summed E-state index contributed by atoms with van der Waals surface area (Å²) in [6.45, 7) is 10.1. The number of methoxy groups -OCH3 is 1. The number of nitrogens with one attached hydrogen (secondary N) is 2. The van der Waals surface area contributed by atoms with E-state index in [1.165, 1.54) is 23.6 Å². The highest BCUT2D eigenvalue weighted by molar-refractivity contribution is 5.85. The largest absolute Gasteiger partial charge is 0.496 e. The molecule has 1 fully saturated rings. The second-order valence-electron chi connectivity index (χ2n) is 11.4. The molecular formula is C33H42ClN3O3. The summed E-state index contributed by atoms with van der Waals surface area (Å²) >= 11 is 0. The third kappa shape index (κ3) is 7.86. The predicted molar refractivity (Wildman–Crippen MR) is 164 cm³/mol. The maximum absolute atomic E-state index is 12.8. The molecule has 2 amide bonds. The van der Waals surface area contributed by atoms with Gasteiger partial charge in [-0.3, -0.25) is 9.59 Å². The van der Waals surface area contributed by atoms with Crippen molar-refractivity contribution in [1.82, 2.24) is 15.5 Å². The minimum atomic E-state index is -0.194. The molecule has 0 saturated carbocycles. The lowest BCUT2D eigenvalue weighted by Crippen LogP contribution is -2.51. The first-order valence-corrected chi connectivity index (χ1v) is 13.7. The number of piperidine rings is 1. The molecule has 1 saturated heterocycles. The molecule has 0 aromatic heterocycles. The van der Waals surface area contributed by atoms with Crippen LogP contribution in [0, 0.1) is 0 Å². The standard InChI is InChI=1S/C33H41N3O3.ClH/c1-23(37)34-21-32(38)36-18-17-30(29(22-36)25-9-7-6-8-10-25)35-20-27-19-26(13-16-31(27)39-5)24-11-14-28(15-12-24)33(2,3)4;/h6-16,19,29-30,35H,17-18,20-22H2,1-5H3,(H,34,37);1H/t29-,30-;/m0./s1. The molecule has 1 aliphatic rings. The van der Waals surface area contributed by atoms with Crippen LogP contribution in [0.4, 0.5) is 0 Å². The van der Waals surface area contributed by atoms with Crippen LogP contribution < -0.4 is 15.4 Å². The molecule has 0 spiro atoms. The van der Waals surface area contributed by atoms with Gasteiger partial charge in [0.1, 0.15) is 5.75 Å². The van der Waals surface area contributed by atoms with Crippen molar-refractivity contribution >= 4 is 24.2 Å². The van der Waals surface area contributed by atoms with Crippen LogP contribution in [0.1, 0.15) is 56.7 Å². The molecule has 3 aromatic carbocycles. The quantitative estimate of drug-likeness (QED) is 0.369. The van der Waals surface area contributed by atoms with Crippen molar-refractivity contribution in [3.63, 3.8) is 0 Å². The van der Waals surface area contributed by atoms with Crippen LogP contribution in [0.3, 0.4) is 0 Å². The molecule has 0 radical (unpaired) electrons. The number of rotatable bonds is 8. The second kappa shape index (κ2) is 13.8. The smallest absolute Gasteiger partial charge is 0.241 e. The summed E-state index contributed by atoms with van der Waals surface area (Å²) in [5.41, 5.74) is 6.08. The molecular weight excluding hydrogens is 522 g/mol. The van der Waals surface area contributed by atoms with E-state index in [9.17, 15) is 9.59 Å². The zero-order valence-electron chi connectivity index (χ0n) is 24.2. The highest BCUT2D eigenvalue weighted by atomic mass is 35.5. The second-order valence-corrected chi connectivity index (χ2v) is 11.4. The van der Waals surface area contributed by atoms with Gasteiger partial charge < -0.3 is 20.3 Å². The Morgan fingerprint density at radius 1 is 0.975 bits per heavy atom. The number of benzene rings is 3. The Morgan fingerprint density at radius 3 is 2.27 bits per heavy atom. The van der Waals surface area contributed by atoms with E-state index >= 15 is 0 Å². The third-order valence-electron chi connectivity index (χ3n) is 7.60. The molecule has 214 valence electrons. The average Bonchev–Trinajstić information content (AvgIpc) is 2.94. The van der Waals surface area contributed by atoms with Crippen LogP contribution in [0.25, 0.3) is 11.1 Å². The fourth-order valence-corrected chi connectivity index (χ4v) is 5.27. The summed E-state index contributed by atoms with van der Waals surface area (Å²) in [7, 11) is 1.71. The summed E-state index contributed by atoms with van der Waals surface area (Å²) in [6.07, 6.45) is 0.821. The Balaban J connectivity index is 0.00000441. The molecule has 0 unspecified atom stereocenters. The number of nitrogens with zero attached hydrogens (tertiary/aromatic N) is 1. The van der Waals surface area contributed by atoms with Crippen molar-refractivity contribution in [2.24, 2.45) is 0 Å². The molecule has 4 rings (SSSR count). The fourth-order valence-electron chi connectivity index (χ4n) is 5.27. The number of halogens is 1. The van der Waals surface area contributed by atoms with Crippen molar-refractivity contribution in [1.29, 1.82) is 0 Å². The molecule has 2 N–H and O–H groups in total. The Kier molecular flexibility index (Phi) is 10.8. The van der Waals surface area contributed by atoms with Gasteiger partial charge in [-0.05, 0) is 46.2 Å². The molecule has 3 aromatic rings. The van der Waals surface area contributed by atoms with Crippen molar-refractivity contribution in [3.05, 3.63) is 89.5 Å². The van der Waals surface area contributed by atoms with Crippen LogP contribution in [-0.4, -0.2) is 49.5 Å². The number of carbonyl (C=O) groups excluding carboxylic acids is 2. The average molecular weight is 564 g/mol. The summed E-state index contributed by atoms with van der Waals surface area (Å²) in [5, 5.41) is 6.43. The van der Waals surface area contributed by atoms with E-state index < -0.39 is 0 Å². The van der Waals surface area contributed by atoms with E-state index in [1.54, 1.807) is 7.11 Å². The number of amides is 2. The molecule has 6 nitrogen and oxygen atoms in total. The minimum Gasteiger partial charge on any atom is -0.496 e. The number of likely N-dealkylation sites (tertiary alicyclic amines) is 1. The zero-order chi connectivity index (χ0) is 28.0. The van der Waals surface area contributed by atoms with E-state index in [0.717, 1.165) is 23.3 Å². The van der Waals surface area contributed by atoms with E-state index in [1.807, 2.05) is 29.2 Å². The minimum absolute atomic E-state index is 0. The molecule has 1 aliphatic heterocycles. The van der Waals surface area contributed by atoms with Crippen LogP contribution in [0.15, 0.2) is 72.8 Å². The van der Waals surface area contributed by atoms with Gasteiger partial charge in [-0.1, -0.05) is 81.4 Å². The van der Waals surface area contributed by atoms with Gasteiger partial charge in [0, 0.05) is 44.1 Å². The summed E-state index contributed by atoms with van der Waals surface area (Å²) in [5.74, 6) is 0.759. The van der Waals surface area contributed by atoms with E-state index in [-0.39, 0.29) is 48.1 Å². The zero-order valence-corrected chi connectivity index (χ0v) is 25.0. The van der Waals surface area contributed by atoms with Gasteiger partial charge >= 0.3 is 0 Å². The highest BCUT2D eigenvalue weighted by Crippen LogP contribution is 2.31. The summed E-state index contributed by atoms with van der Waals surface area (Å²) in [6, 6.07) is 25.7. The summed E-state index contributed by atoms with van der Waals surface area (Å²) in [4.78, 5) is 25.9. The van der Waals surface area contributed by atoms with Crippen molar-refractivity contribution in [3.8, 4) is 16.9 Å². The monoisotopic (exact) mass is 563 g/mol. The Morgan fingerprint density at radius 2 is 1.65 bits per heavy atom. The van der Waals surface area contributed by atoms with Crippen LogP contribution in [-0.2, 0) is 21.5 Å². The van der Waals surface area contributed by atoms with Gasteiger partial charge in [0.2, 0.25) is 11.8 Å². The maximum Gasteiger partial charge on any atom is 0.241 e. The van der Waals surface area contributed by atoms with E-state index in [4.69, 9.17) is 4.74 Å². The number of hydrogen-bond acceptors (Lipinski definition) is 4. The topological polar surface area (TPSA) is 70.7 Å². The predicted octanol–water partition coefficient (Wildman–Crippen LogP) is 5.69. The van der Waals surface area contributed by atoms with Gasteiger partial charge in [-0.25, -0.2) is 0 Å². The molecule has 2 atom stereocenters. The normalized spacial score (nSPS) is 17.1. The summed E-state index contributed by atoms with van der Waals surface area (Å²) < 4.78 is 5.72. The van der Waals surface area contributed by atoms with Crippen LogP contribution in [0.5, 0.6) is 5.75 Å². The lowest BCUT2D eigenvalue weighted by Gasteiger charge is -2.39. The van der Waals surface area contributed by atoms with Crippen molar-refractivity contribution in [2.45, 2.75) is 58.0 Å². The number of hydrogen-bond donors (Lipinski definition) is 2. The van der Waals surface area contributed by atoms with Crippen LogP contribution >= 0.6 is 12.4 Å². The molecule has 0 bridgehead atoms. The Labute approximate surface area is 244 Å². The van der Waals surface area contributed by atoms with Crippen molar-refractivity contribution < 1.29 is 14.3 Å². The Hall–Kier alpha value is -3.35. The first-order valence-electron chi connectivity index (χ1n) is 13.7. The highest BCUT2D eigenvalue weighted by Gasteiger charge is 2.32. The van der Waals surface area contributed by atoms with Crippen LogP contribution in [0.2, 0.25) is 0 Å². The van der Waals surface area contributed by atoms with Gasteiger partial charge in [-0.15, -0.1) is 12.4 Å². The fraction of sp³-hybridized carbons (Fsp3) is 0.394. The number of carbonyl (C=O) groups is 2. The molecule has 40 heavy (non-hydrogen) atoms. The lowest BCUT2D eigenvalue weighted by atomic mass is 9.85. The van der Waals surface area contributed by atoms with Gasteiger partial charge in [0.05, 0.1) is 13.7 Å². The van der Waals surface area contributed by atoms with E-state index in [0.29, 0.717) is 19.6 Å². The maximum atomic E-state index is 12.8. The third-order valence-corrected chi connectivity index (χ3v) is 7.60. The first kappa shape index (κ1) is 31.2. The molecule has 0 aliphatic carbocycles. The van der Waals surface area contributed by atoms with Crippen molar-refractivity contribution in [2.75, 3.05) is 26.7 Å². The number of ether oxygens (including phenoxy) is 1. The SMILES string of the molecule is COc1ccc(-c2ccc(C(C)(C)C)cc2)cc1CN[C@H]1CCN(C(=O)CNC(C)=O)C[C@H]1c1ccccc1.Cl. The first-order chi connectivity index (χ1) is 18.7. The lowest BCUT2D eigenvalue weighted by molar-refractivity contribution is -0.133.